The molecule has 2 aromatic carbocycles. The molecule has 0 fully saturated rings. The van der Waals surface area contributed by atoms with Gasteiger partial charge < -0.3 is 10.5 Å². The van der Waals surface area contributed by atoms with Crippen LogP contribution in [-0.2, 0) is 0 Å². The minimum Gasteiger partial charge on any atom is -0.405 e. The molecule has 0 saturated carbocycles. The van der Waals surface area contributed by atoms with Gasteiger partial charge in [0.05, 0.1) is 5.02 Å². The predicted octanol–water partition coefficient (Wildman–Crippen LogP) is 4.49. The fourth-order valence-electron chi connectivity index (χ4n) is 1.65. The molecule has 0 unspecified atom stereocenters. The third kappa shape index (κ3) is 3.32. The van der Waals surface area contributed by atoms with Gasteiger partial charge in [0, 0.05) is 16.8 Å². The molecule has 6 heteroatoms. The van der Waals surface area contributed by atoms with E-state index in [0.717, 1.165) is 0 Å². The first kappa shape index (κ1) is 13.5. The molecule has 0 aliphatic heterocycles. The number of nitrogen functional groups attached to an aromatic ring is 1. The summed E-state index contributed by atoms with van der Waals surface area (Å²) in [5.41, 5.74) is 6.66. The molecule has 2 N–H and O–H groups in total. The monoisotopic (exact) mass is 287 g/mol. The summed E-state index contributed by atoms with van der Waals surface area (Å²) in [5, 5.41) is 0.262. The zero-order valence-corrected chi connectivity index (χ0v) is 10.3. The molecule has 0 spiro atoms. The Morgan fingerprint density at radius 3 is 2.32 bits per heavy atom. The van der Waals surface area contributed by atoms with Gasteiger partial charge in [0.1, 0.15) is 5.75 Å². The van der Waals surface area contributed by atoms with Crippen molar-refractivity contribution in [3.05, 3.63) is 47.5 Å². The normalized spacial score (nSPS) is 11.4. The van der Waals surface area contributed by atoms with E-state index in [1.54, 1.807) is 18.2 Å². The summed E-state index contributed by atoms with van der Waals surface area (Å²) in [7, 11) is 0. The molecule has 0 amide bonds. The second-order valence-electron chi connectivity index (χ2n) is 3.78. The molecule has 0 atom stereocenters. The second-order valence-corrected chi connectivity index (χ2v) is 4.19. The Balaban J connectivity index is 2.50. The van der Waals surface area contributed by atoms with Crippen molar-refractivity contribution < 1.29 is 17.9 Å². The van der Waals surface area contributed by atoms with Gasteiger partial charge in [0.2, 0.25) is 0 Å². The lowest BCUT2D eigenvalue weighted by atomic mass is 10.0. The number of ether oxygens (including phenoxy) is 1. The third-order valence-corrected chi connectivity index (χ3v) is 2.71. The SMILES string of the molecule is Nc1ccc(-c2ccccc2OC(F)(F)F)c(Cl)c1. The number of halogens is 4. The summed E-state index contributed by atoms with van der Waals surface area (Å²) < 4.78 is 41.0. The molecule has 2 nitrogen and oxygen atoms in total. The predicted molar refractivity (Wildman–Crippen MR) is 68.0 cm³/mol. The highest BCUT2D eigenvalue weighted by Crippen LogP contribution is 2.37. The fraction of sp³-hybridized carbons (Fsp3) is 0.0769. The Hall–Kier alpha value is -1.88. The Labute approximate surface area is 112 Å². The van der Waals surface area contributed by atoms with Gasteiger partial charge in [-0.05, 0) is 18.2 Å². The quantitative estimate of drug-likeness (QED) is 0.826. The van der Waals surface area contributed by atoms with E-state index in [2.05, 4.69) is 4.74 Å². The second kappa shape index (κ2) is 5.01. The van der Waals surface area contributed by atoms with Gasteiger partial charge in [-0.25, -0.2) is 0 Å². The fourth-order valence-corrected chi connectivity index (χ4v) is 1.94. The van der Waals surface area contributed by atoms with Gasteiger partial charge in [0.25, 0.3) is 0 Å². The Bertz CT molecular complexity index is 599. The first-order chi connectivity index (χ1) is 8.87. The molecule has 19 heavy (non-hydrogen) atoms. The number of para-hydroxylation sites is 1. The van der Waals surface area contributed by atoms with Crippen LogP contribution in [-0.4, -0.2) is 6.36 Å². The maximum atomic E-state index is 12.3. The van der Waals surface area contributed by atoms with Crippen LogP contribution in [0.3, 0.4) is 0 Å². The summed E-state index contributed by atoms with van der Waals surface area (Å²) in [6.45, 7) is 0. The van der Waals surface area contributed by atoms with Gasteiger partial charge in [-0.2, -0.15) is 0 Å². The van der Waals surface area contributed by atoms with Gasteiger partial charge >= 0.3 is 6.36 Å². The molecule has 0 saturated heterocycles. The number of anilines is 1. The van der Waals surface area contributed by atoms with E-state index in [-0.39, 0.29) is 16.3 Å². The molecule has 2 aromatic rings. The molecular formula is C13H9ClF3NO. The highest BCUT2D eigenvalue weighted by molar-refractivity contribution is 6.33. The van der Waals surface area contributed by atoms with Crippen molar-refractivity contribution in [2.75, 3.05) is 5.73 Å². The van der Waals surface area contributed by atoms with Gasteiger partial charge in [0.15, 0.2) is 0 Å². The van der Waals surface area contributed by atoms with Crippen LogP contribution < -0.4 is 10.5 Å². The highest BCUT2D eigenvalue weighted by Gasteiger charge is 2.32. The van der Waals surface area contributed by atoms with Crippen molar-refractivity contribution in [3.8, 4) is 16.9 Å². The summed E-state index contributed by atoms with van der Waals surface area (Å²) in [6, 6.07) is 10.4. The topological polar surface area (TPSA) is 35.2 Å². The zero-order valence-electron chi connectivity index (χ0n) is 9.54. The maximum absolute atomic E-state index is 12.3. The number of hydrogen-bond acceptors (Lipinski definition) is 2. The average Bonchev–Trinajstić information content (AvgIpc) is 2.28. The van der Waals surface area contributed by atoms with E-state index < -0.39 is 6.36 Å². The maximum Gasteiger partial charge on any atom is 0.573 e. The summed E-state index contributed by atoms with van der Waals surface area (Å²) in [4.78, 5) is 0. The van der Waals surface area contributed by atoms with E-state index in [1.165, 1.54) is 24.3 Å². The van der Waals surface area contributed by atoms with Crippen LogP contribution in [0.1, 0.15) is 0 Å². The largest absolute Gasteiger partial charge is 0.573 e. The van der Waals surface area contributed by atoms with Gasteiger partial charge in [-0.15, -0.1) is 13.2 Å². The van der Waals surface area contributed by atoms with E-state index in [0.29, 0.717) is 11.3 Å². The molecule has 0 bridgehead atoms. The number of rotatable bonds is 2. The standard InChI is InChI=1S/C13H9ClF3NO/c14-11-7-8(18)5-6-9(11)10-3-1-2-4-12(10)19-13(15,16)17/h1-7H,18H2. The molecular weight excluding hydrogens is 279 g/mol. The summed E-state index contributed by atoms with van der Waals surface area (Å²) >= 11 is 5.99. The van der Waals surface area contributed by atoms with Crippen LogP contribution >= 0.6 is 11.6 Å². The van der Waals surface area contributed by atoms with Crippen molar-refractivity contribution in [3.63, 3.8) is 0 Å². The molecule has 0 aliphatic rings. The molecule has 0 heterocycles. The molecule has 0 aromatic heterocycles. The third-order valence-electron chi connectivity index (χ3n) is 2.40. The smallest absolute Gasteiger partial charge is 0.405 e. The molecule has 100 valence electrons. The van der Waals surface area contributed by atoms with E-state index in [1.807, 2.05) is 0 Å². The van der Waals surface area contributed by atoms with Crippen molar-refractivity contribution in [1.82, 2.24) is 0 Å². The Morgan fingerprint density at radius 1 is 1.00 bits per heavy atom. The van der Waals surface area contributed by atoms with E-state index in [4.69, 9.17) is 17.3 Å². The van der Waals surface area contributed by atoms with Gasteiger partial charge in [-0.1, -0.05) is 35.9 Å². The number of benzene rings is 2. The first-order valence-corrected chi connectivity index (χ1v) is 5.65. The minimum atomic E-state index is -4.75. The van der Waals surface area contributed by atoms with Gasteiger partial charge in [-0.3, -0.25) is 0 Å². The summed E-state index contributed by atoms with van der Waals surface area (Å²) in [6.07, 6.45) is -4.75. The van der Waals surface area contributed by atoms with Crippen LogP contribution in [0.25, 0.3) is 11.1 Å². The Kier molecular flexibility index (Phi) is 3.57. The Morgan fingerprint density at radius 2 is 1.68 bits per heavy atom. The molecule has 0 radical (unpaired) electrons. The minimum absolute atomic E-state index is 0.254. The van der Waals surface area contributed by atoms with Crippen molar-refractivity contribution in [2.45, 2.75) is 6.36 Å². The van der Waals surface area contributed by atoms with Crippen LogP contribution in [0.2, 0.25) is 5.02 Å². The number of alkyl halides is 3. The zero-order chi connectivity index (χ0) is 14.0. The van der Waals surface area contributed by atoms with E-state index >= 15 is 0 Å². The van der Waals surface area contributed by atoms with Crippen molar-refractivity contribution in [1.29, 1.82) is 0 Å². The molecule has 2 rings (SSSR count). The lowest BCUT2D eigenvalue weighted by molar-refractivity contribution is -0.274. The van der Waals surface area contributed by atoms with Crippen LogP contribution in [0.4, 0.5) is 18.9 Å². The van der Waals surface area contributed by atoms with Crippen LogP contribution in [0.15, 0.2) is 42.5 Å². The van der Waals surface area contributed by atoms with E-state index in [9.17, 15) is 13.2 Å². The number of nitrogens with two attached hydrogens (primary N) is 1. The lowest BCUT2D eigenvalue weighted by Gasteiger charge is -2.14. The number of hydrogen-bond donors (Lipinski definition) is 1. The lowest BCUT2D eigenvalue weighted by Crippen LogP contribution is -2.17. The first-order valence-electron chi connectivity index (χ1n) is 5.27. The van der Waals surface area contributed by atoms with Crippen molar-refractivity contribution >= 4 is 17.3 Å². The highest BCUT2D eigenvalue weighted by atomic mass is 35.5. The van der Waals surface area contributed by atoms with Crippen molar-refractivity contribution in [2.24, 2.45) is 0 Å². The summed E-state index contributed by atoms with van der Waals surface area (Å²) in [5.74, 6) is -0.304. The van der Waals surface area contributed by atoms with Crippen LogP contribution in [0, 0.1) is 0 Å². The average molecular weight is 288 g/mol. The van der Waals surface area contributed by atoms with Crippen LogP contribution in [0.5, 0.6) is 5.75 Å². The molecule has 0 aliphatic carbocycles.